The first-order valence-corrected chi connectivity index (χ1v) is 9.45. The van der Waals surface area contributed by atoms with Crippen LogP contribution in [-0.4, -0.2) is 35.5 Å². The van der Waals surface area contributed by atoms with E-state index in [2.05, 4.69) is 19.7 Å². The van der Waals surface area contributed by atoms with Gasteiger partial charge in [-0.3, -0.25) is 4.98 Å². The topological polar surface area (TPSA) is 94.1 Å². The number of aromatic nitrogens is 3. The molecule has 1 aliphatic carbocycles. The van der Waals surface area contributed by atoms with Gasteiger partial charge in [-0.15, -0.1) is 0 Å². The highest BCUT2D eigenvalue weighted by Crippen LogP contribution is 2.23. The summed E-state index contributed by atoms with van der Waals surface area (Å²) in [4.78, 5) is 12.0. The Morgan fingerprint density at radius 1 is 1.12 bits per heavy atom. The average molecular weight is 369 g/mol. The van der Waals surface area contributed by atoms with Crippen LogP contribution in [0.2, 0.25) is 5.02 Å². The second-order valence-corrected chi connectivity index (χ2v) is 7.74. The van der Waals surface area contributed by atoms with Crippen molar-refractivity contribution in [1.82, 2.24) is 19.7 Å². The summed E-state index contributed by atoms with van der Waals surface area (Å²) in [6, 6.07) is 3.31. The van der Waals surface area contributed by atoms with Crippen molar-refractivity contribution in [2.24, 2.45) is 0 Å². The van der Waals surface area contributed by atoms with Crippen LogP contribution in [0.3, 0.4) is 0 Å². The first kappa shape index (κ1) is 17.1. The molecule has 2 aromatic heterocycles. The summed E-state index contributed by atoms with van der Waals surface area (Å²) in [5, 5.41) is 0.455. The van der Waals surface area contributed by atoms with E-state index in [1.807, 2.05) is 0 Å². The number of rotatable bonds is 5. The summed E-state index contributed by atoms with van der Waals surface area (Å²) in [7, 11) is -3.53. The number of halogens is 1. The number of nitrogens with one attached hydrogen (secondary N) is 1. The van der Waals surface area contributed by atoms with E-state index in [0.29, 0.717) is 23.9 Å². The van der Waals surface area contributed by atoms with Gasteiger partial charge in [-0.1, -0.05) is 11.6 Å². The van der Waals surface area contributed by atoms with E-state index in [1.165, 1.54) is 24.7 Å². The van der Waals surface area contributed by atoms with Gasteiger partial charge in [0.1, 0.15) is 11.0 Å². The van der Waals surface area contributed by atoms with E-state index in [-0.39, 0.29) is 17.0 Å². The quantitative estimate of drug-likeness (QED) is 0.869. The third-order valence-corrected chi connectivity index (χ3v) is 5.51. The van der Waals surface area contributed by atoms with E-state index in [9.17, 15) is 8.42 Å². The van der Waals surface area contributed by atoms with E-state index < -0.39 is 10.0 Å². The molecule has 0 spiro atoms. The molecule has 3 rings (SSSR count). The maximum atomic E-state index is 12.3. The number of hydrogen-bond acceptors (Lipinski definition) is 6. The van der Waals surface area contributed by atoms with Crippen molar-refractivity contribution in [2.75, 3.05) is 0 Å². The summed E-state index contributed by atoms with van der Waals surface area (Å²) >= 11 is 5.74. The molecule has 9 heteroatoms. The molecule has 0 atom stereocenters. The zero-order valence-corrected chi connectivity index (χ0v) is 14.4. The van der Waals surface area contributed by atoms with Crippen molar-refractivity contribution in [3.05, 3.63) is 41.9 Å². The first-order valence-electron chi connectivity index (χ1n) is 7.59. The minimum atomic E-state index is -3.53. The smallest absolute Gasteiger partial charge is 0.316 e. The molecule has 1 aliphatic rings. The Morgan fingerprint density at radius 3 is 2.46 bits per heavy atom. The summed E-state index contributed by atoms with van der Waals surface area (Å²) in [6.45, 7) is 0. The number of pyridine rings is 1. The molecular formula is C15H17ClN4O3S. The van der Waals surface area contributed by atoms with Gasteiger partial charge in [0.2, 0.25) is 10.0 Å². The lowest BCUT2D eigenvalue weighted by Gasteiger charge is -2.28. The Labute approximate surface area is 145 Å². The Hall–Kier alpha value is -1.77. The van der Waals surface area contributed by atoms with Crippen LogP contribution in [0.1, 0.15) is 25.7 Å². The Kier molecular flexibility index (Phi) is 5.27. The average Bonchev–Trinajstić information content (AvgIpc) is 2.59. The molecule has 0 aliphatic heterocycles. The molecule has 0 radical (unpaired) electrons. The highest BCUT2D eigenvalue weighted by molar-refractivity contribution is 7.89. The molecule has 2 heterocycles. The molecule has 1 fully saturated rings. The minimum absolute atomic E-state index is 0.0229. The van der Waals surface area contributed by atoms with E-state index in [4.69, 9.17) is 16.3 Å². The predicted molar refractivity (Wildman–Crippen MR) is 88.3 cm³/mol. The van der Waals surface area contributed by atoms with Crippen molar-refractivity contribution in [3.63, 3.8) is 0 Å². The lowest BCUT2D eigenvalue weighted by molar-refractivity contribution is 0.132. The second-order valence-electron chi connectivity index (χ2n) is 5.59. The van der Waals surface area contributed by atoms with Gasteiger partial charge >= 0.3 is 6.01 Å². The third-order valence-electron chi connectivity index (χ3n) is 3.81. The highest BCUT2D eigenvalue weighted by Gasteiger charge is 2.27. The predicted octanol–water partition coefficient (Wildman–Crippen LogP) is 2.19. The normalized spacial score (nSPS) is 21.4. The summed E-state index contributed by atoms with van der Waals surface area (Å²) in [5.41, 5.74) is 0. The molecule has 1 saturated carbocycles. The van der Waals surface area contributed by atoms with Crippen molar-refractivity contribution in [2.45, 2.75) is 42.7 Å². The summed E-state index contributed by atoms with van der Waals surface area (Å²) < 4.78 is 33.0. The maximum Gasteiger partial charge on any atom is 0.316 e. The fourth-order valence-electron chi connectivity index (χ4n) is 2.60. The molecule has 7 nitrogen and oxygen atoms in total. The summed E-state index contributed by atoms with van der Waals surface area (Å²) in [6.07, 6.45) is 8.67. The number of sulfonamides is 1. The standard InChI is InChI=1S/C15H17ClN4O3S/c16-11-8-18-15(19-9-11)23-13-5-3-12(4-6-13)20-24(21,22)14-2-1-7-17-10-14/h1-2,7-10,12-13,20H,3-6H2. The Morgan fingerprint density at radius 2 is 1.83 bits per heavy atom. The highest BCUT2D eigenvalue weighted by atomic mass is 35.5. The maximum absolute atomic E-state index is 12.3. The Bertz CT molecular complexity index is 763. The van der Waals surface area contributed by atoms with Crippen molar-refractivity contribution in [1.29, 1.82) is 0 Å². The molecule has 0 aromatic carbocycles. The van der Waals surface area contributed by atoms with Gasteiger partial charge in [-0.05, 0) is 37.8 Å². The van der Waals surface area contributed by atoms with Crippen molar-refractivity contribution < 1.29 is 13.2 Å². The van der Waals surface area contributed by atoms with Crippen LogP contribution in [0.5, 0.6) is 6.01 Å². The summed E-state index contributed by atoms with van der Waals surface area (Å²) in [5.74, 6) is 0. The van der Waals surface area contributed by atoms with Crippen LogP contribution < -0.4 is 9.46 Å². The van der Waals surface area contributed by atoms with Crippen LogP contribution in [0.4, 0.5) is 0 Å². The first-order chi connectivity index (χ1) is 11.5. The van der Waals surface area contributed by atoms with Gasteiger partial charge in [0.15, 0.2) is 0 Å². The molecule has 2 aromatic rings. The van der Waals surface area contributed by atoms with Gasteiger partial charge in [0.05, 0.1) is 17.4 Å². The van der Waals surface area contributed by atoms with Gasteiger partial charge in [0.25, 0.3) is 0 Å². The third kappa shape index (κ3) is 4.40. The number of nitrogens with zero attached hydrogens (tertiary/aromatic N) is 3. The van der Waals surface area contributed by atoms with Gasteiger partial charge in [-0.25, -0.2) is 23.1 Å². The van der Waals surface area contributed by atoms with Crippen LogP contribution in [0.15, 0.2) is 41.8 Å². The fraction of sp³-hybridized carbons (Fsp3) is 0.400. The van der Waals surface area contributed by atoms with Crippen LogP contribution >= 0.6 is 11.6 Å². The fourth-order valence-corrected chi connectivity index (χ4v) is 3.97. The zero-order valence-electron chi connectivity index (χ0n) is 12.8. The molecule has 128 valence electrons. The van der Waals surface area contributed by atoms with Crippen molar-refractivity contribution in [3.8, 4) is 6.01 Å². The SMILES string of the molecule is O=S(=O)(NC1CCC(Oc2ncc(Cl)cn2)CC1)c1cccnc1. The van der Waals surface area contributed by atoms with E-state index in [1.54, 1.807) is 12.3 Å². The van der Waals surface area contributed by atoms with Crippen LogP contribution in [-0.2, 0) is 10.0 Å². The number of ether oxygens (including phenoxy) is 1. The second kappa shape index (κ2) is 7.42. The van der Waals surface area contributed by atoms with Crippen LogP contribution in [0.25, 0.3) is 0 Å². The number of hydrogen-bond donors (Lipinski definition) is 1. The van der Waals surface area contributed by atoms with Crippen molar-refractivity contribution >= 4 is 21.6 Å². The largest absolute Gasteiger partial charge is 0.460 e. The van der Waals surface area contributed by atoms with Gasteiger partial charge in [-0.2, -0.15) is 0 Å². The minimum Gasteiger partial charge on any atom is -0.460 e. The van der Waals surface area contributed by atoms with Gasteiger partial charge in [0, 0.05) is 18.4 Å². The lowest BCUT2D eigenvalue weighted by Crippen LogP contribution is -2.39. The van der Waals surface area contributed by atoms with E-state index >= 15 is 0 Å². The van der Waals surface area contributed by atoms with Crippen LogP contribution in [0, 0.1) is 0 Å². The molecule has 0 amide bonds. The van der Waals surface area contributed by atoms with Gasteiger partial charge < -0.3 is 4.74 Å². The molecular weight excluding hydrogens is 352 g/mol. The Balaban J connectivity index is 1.53. The molecule has 0 bridgehead atoms. The van der Waals surface area contributed by atoms with E-state index in [0.717, 1.165) is 12.8 Å². The molecule has 1 N–H and O–H groups in total. The molecule has 0 unspecified atom stereocenters. The molecule has 0 saturated heterocycles. The lowest BCUT2D eigenvalue weighted by atomic mass is 9.94. The molecule has 24 heavy (non-hydrogen) atoms. The zero-order chi connectivity index (χ0) is 17.0. The monoisotopic (exact) mass is 368 g/mol.